The summed E-state index contributed by atoms with van der Waals surface area (Å²) in [5.74, 6) is 1.78. The van der Waals surface area contributed by atoms with Crippen molar-refractivity contribution in [2.24, 2.45) is 0 Å². The van der Waals surface area contributed by atoms with Crippen molar-refractivity contribution in [3.8, 4) is 5.75 Å². The third-order valence-corrected chi connectivity index (χ3v) is 3.97. The number of aliphatic hydroxyl groups excluding tert-OH is 1. The number of hydrogen-bond acceptors (Lipinski definition) is 3. The molecule has 0 aliphatic rings. The summed E-state index contributed by atoms with van der Waals surface area (Å²) in [6.45, 7) is 5.43. The van der Waals surface area contributed by atoms with Gasteiger partial charge in [0, 0.05) is 13.2 Å². The van der Waals surface area contributed by atoms with Gasteiger partial charge in [-0.05, 0) is 49.6 Å². The van der Waals surface area contributed by atoms with Crippen LogP contribution < -0.4 is 4.74 Å². The third-order valence-electron chi connectivity index (χ3n) is 3.97. The summed E-state index contributed by atoms with van der Waals surface area (Å²) in [6, 6.07) is 14.3. The number of aromatic nitrogens is 2. The summed E-state index contributed by atoms with van der Waals surface area (Å²) < 4.78 is 8.14. The van der Waals surface area contributed by atoms with Crippen LogP contribution in [-0.2, 0) is 13.2 Å². The highest BCUT2D eigenvalue weighted by Crippen LogP contribution is 2.22. The maximum absolute atomic E-state index is 9.14. The Balaban J connectivity index is 1.88. The Morgan fingerprint density at radius 3 is 2.78 bits per heavy atom. The van der Waals surface area contributed by atoms with Gasteiger partial charge in [0.15, 0.2) is 0 Å². The molecule has 2 aromatic carbocycles. The van der Waals surface area contributed by atoms with Crippen molar-refractivity contribution in [3.05, 3.63) is 59.4 Å². The summed E-state index contributed by atoms with van der Waals surface area (Å²) in [4.78, 5) is 4.69. The number of rotatable bonds is 6. The molecule has 120 valence electrons. The summed E-state index contributed by atoms with van der Waals surface area (Å²) in [5, 5.41) is 9.14. The molecule has 1 N–H and O–H groups in total. The average molecular weight is 310 g/mol. The number of hydrogen-bond donors (Lipinski definition) is 1. The molecule has 0 amide bonds. The molecule has 0 spiro atoms. The van der Waals surface area contributed by atoms with E-state index in [1.165, 1.54) is 5.56 Å². The first-order valence-corrected chi connectivity index (χ1v) is 7.94. The van der Waals surface area contributed by atoms with Crippen molar-refractivity contribution in [3.63, 3.8) is 0 Å². The van der Waals surface area contributed by atoms with E-state index in [4.69, 9.17) is 9.84 Å². The SMILES string of the molecule is Cc1ccc(C)c(OCc2nc3ccccc3n2CCCO)c1. The fraction of sp³-hybridized carbons (Fsp3) is 0.316. The average Bonchev–Trinajstić information content (AvgIpc) is 2.91. The van der Waals surface area contributed by atoms with Crippen LogP contribution in [0.1, 0.15) is 23.4 Å². The van der Waals surface area contributed by atoms with Gasteiger partial charge in [0.25, 0.3) is 0 Å². The molecule has 1 heterocycles. The Morgan fingerprint density at radius 2 is 1.96 bits per heavy atom. The Labute approximate surface area is 136 Å². The molecule has 0 atom stereocenters. The second-order valence-electron chi connectivity index (χ2n) is 5.80. The molecule has 0 aliphatic carbocycles. The van der Waals surface area contributed by atoms with Crippen LogP contribution in [0.2, 0.25) is 0 Å². The minimum Gasteiger partial charge on any atom is -0.485 e. The number of aryl methyl sites for hydroxylation is 3. The summed E-state index contributed by atoms with van der Waals surface area (Å²) in [5.41, 5.74) is 4.35. The van der Waals surface area contributed by atoms with Crippen LogP contribution in [-0.4, -0.2) is 21.3 Å². The molecule has 0 radical (unpaired) electrons. The van der Waals surface area contributed by atoms with Crippen LogP contribution in [0.3, 0.4) is 0 Å². The van der Waals surface area contributed by atoms with E-state index >= 15 is 0 Å². The van der Waals surface area contributed by atoms with E-state index in [-0.39, 0.29) is 6.61 Å². The number of para-hydroxylation sites is 2. The van der Waals surface area contributed by atoms with E-state index < -0.39 is 0 Å². The van der Waals surface area contributed by atoms with Gasteiger partial charge in [0.1, 0.15) is 18.2 Å². The Bertz CT molecular complexity index is 808. The van der Waals surface area contributed by atoms with Crippen molar-refractivity contribution >= 4 is 11.0 Å². The Morgan fingerprint density at radius 1 is 1.13 bits per heavy atom. The van der Waals surface area contributed by atoms with E-state index in [9.17, 15) is 0 Å². The standard InChI is InChI=1S/C19H22N2O2/c1-14-8-9-15(2)18(12-14)23-13-19-20-16-6-3-4-7-17(16)21(19)10-5-11-22/h3-4,6-9,12,22H,5,10-11,13H2,1-2H3. The van der Waals surface area contributed by atoms with Crippen molar-refractivity contribution in [1.82, 2.24) is 9.55 Å². The molecule has 3 aromatic rings. The molecule has 0 unspecified atom stereocenters. The van der Waals surface area contributed by atoms with E-state index in [0.29, 0.717) is 13.0 Å². The molecular formula is C19H22N2O2. The summed E-state index contributed by atoms with van der Waals surface area (Å²) >= 11 is 0. The van der Waals surface area contributed by atoms with Gasteiger partial charge in [-0.3, -0.25) is 0 Å². The number of nitrogens with zero attached hydrogens (tertiary/aromatic N) is 2. The number of fused-ring (bicyclic) bond motifs is 1. The van der Waals surface area contributed by atoms with Crippen LogP contribution in [0, 0.1) is 13.8 Å². The molecule has 0 saturated carbocycles. The predicted octanol–water partition coefficient (Wildman–Crippen LogP) is 3.61. The lowest BCUT2D eigenvalue weighted by atomic mass is 10.1. The van der Waals surface area contributed by atoms with Crippen LogP contribution >= 0.6 is 0 Å². The van der Waals surface area contributed by atoms with Gasteiger partial charge < -0.3 is 14.4 Å². The maximum atomic E-state index is 9.14. The van der Waals surface area contributed by atoms with Crippen molar-refractivity contribution in [2.45, 2.75) is 33.4 Å². The molecule has 0 saturated heterocycles. The largest absolute Gasteiger partial charge is 0.485 e. The van der Waals surface area contributed by atoms with Gasteiger partial charge in [0.2, 0.25) is 0 Å². The second kappa shape index (κ2) is 6.84. The molecule has 3 rings (SSSR count). The maximum Gasteiger partial charge on any atom is 0.147 e. The van der Waals surface area contributed by atoms with Gasteiger partial charge in [-0.15, -0.1) is 0 Å². The minimum absolute atomic E-state index is 0.170. The zero-order valence-corrected chi connectivity index (χ0v) is 13.6. The smallest absolute Gasteiger partial charge is 0.147 e. The first-order valence-electron chi connectivity index (χ1n) is 7.94. The normalized spacial score (nSPS) is 11.1. The zero-order valence-electron chi connectivity index (χ0n) is 13.6. The topological polar surface area (TPSA) is 47.3 Å². The van der Waals surface area contributed by atoms with Crippen molar-refractivity contribution < 1.29 is 9.84 Å². The van der Waals surface area contributed by atoms with Crippen molar-refractivity contribution in [1.29, 1.82) is 0 Å². The van der Waals surface area contributed by atoms with Crippen LogP contribution in [0.15, 0.2) is 42.5 Å². The second-order valence-corrected chi connectivity index (χ2v) is 5.80. The molecule has 4 nitrogen and oxygen atoms in total. The van der Waals surface area contributed by atoms with Crippen LogP contribution in [0.5, 0.6) is 5.75 Å². The van der Waals surface area contributed by atoms with Gasteiger partial charge in [-0.1, -0.05) is 24.3 Å². The molecule has 23 heavy (non-hydrogen) atoms. The zero-order chi connectivity index (χ0) is 16.2. The lowest BCUT2D eigenvalue weighted by molar-refractivity contribution is 0.269. The first kappa shape index (κ1) is 15.6. The molecule has 1 aromatic heterocycles. The van der Waals surface area contributed by atoms with E-state index in [2.05, 4.69) is 40.7 Å². The predicted molar refractivity (Wildman–Crippen MR) is 91.7 cm³/mol. The molecule has 4 heteroatoms. The summed E-state index contributed by atoms with van der Waals surface area (Å²) in [7, 11) is 0. The fourth-order valence-electron chi connectivity index (χ4n) is 2.72. The van der Waals surface area contributed by atoms with Crippen LogP contribution in [0.4, 0.5) is 0 Å². The van der Waals surface area contributed by atoms with Gasteiger partial charge in [0.05, 0.1) is 11.0 Å². The minimum atomic E-state index is 0.170. The van der Waals surface area contributed by atoms with Crippen molar-refractivity contribution in [2.75, 3.05) is 6.61 Å². The highest BCUT2D eigenvalue weighted by atomic mass is 16.5. The molecule has 0 fully saturated rings. The van der Waals surface area contributed by atoms with E-state index in [0.717, 1.165) is 34.7 Å². The Hall–Kier alpha value is -2.33. The number of imidazole rings is 1. The number of benzene rings is 2. The Kier molecular flexibility index (Phi) is 4.63. The highest BCUT2D eigenvalue weighted by molar-refractivity contribution is 5.75. The van der Waals surface area contributed by atoms with Crippen LogP contribution in [0.25, 0.3) is 11.0 Å². The van der Waals surface area contributed by atoms with Gasteiger partial charge in [-0.25, -0.2) is 4.98 Å². The van der Waals surface area contributed by atoms with E-state index in [1.807, 2.05) is 25.1 Å². The van der Waals surface area contributed by atoms with Gasteiger partial charge in [-0.2, -0.15) is 0 Å². The highest BCUT2D eigenvalue weighted by Gasteiger charge is 2.11. The van der Waals surface area contributed by atoms with Gasteiger partial charge >= 0.3 is 0 Å². The monoisotopic (exact) mass is 310 g/mol. The number of ether oxygens (including phenoxy) is 1. The lowest BCUT2D eigenvalue weighted by Crippen LogP contribution is -2.09. The molecule has 0 bridgehead atoms. The molecular weight excluding hydrogens is 288 g/mol. The first-order chi connectivity index (χ1) is 11.2. The number of aliphatic hydroxyl groups is 1. The molecule has 0 aliphatic heterocycles. The van der Waals surface area contributed by atoms with E-state index in [1.54, 1.807) is 0 Å². The summed E-state index contributed by atoms with van der Waals surface area (Å²) in [6.07, 6.45) is 0.705. The third kappa shape index (κ3) is 3.37. The quantitative estimate of drug-likeness (QED) is 0.756. The lowest BCUT2D eigenvalue weighted by Gasteiger charge is -2.12. The fourth-order valence-corrected chi connectivity index (χ4v) is 2.72.